The summed E-state index contributed by atoms with van der Waals surface area (Å²) in [7, 11) is 0. The minimum atomic E-state index is -0.320. The highest BCUT2D eigenvalue weighted by Gasteiger charge is 2.50. The van der Waals surface area contributed by atoms with Crippen molar-refractivity contribution in [1.82, 2.24) is 0 Å². The summed E-state index contributed by atoms with van der Waals surface area (Å²) in [4.78, 5) is 40.0. The van der Waals surface area contributed by atoms with Crippen molar-refractivity contribution in [3.63, 3.8) is 0 Å². The van der Waals surface area contributed by atoms with Crippen LogP contribution in [0.4, 0.5) is 11.4 Å². The zero-order valence-corrected chi connectivity index (χ0v) is 16.8. The van der Waals surface area contributed by atoms with E-state index >= 15 is 0 Å². The number of rotatable bonds is 3. The fraction of sp³-hybridized carbons (Fsp3) is 0.292. The summed E-state index contributed by atoms with van der Waals surface area (Å²) in [5.74, 6) is -1.22. The monoisotopic (exact) mass is 388 g/mol. The summed E-state index contributed by atoms with van der Waals surface area (Å²) in [6.07, 6.45) is 4.57. The van der Waals surface area contributed by atoms with Crippen LogP contribution in [-0.2, 0) is 9.59 Å². The van der Waals surface area contributed by atoms with Crippen LogP contribution in [0.2, 0.25) is 0 Å². The number of anilines is 2. The smallest absolute Gasteiger partial charge is 0.255 e. The lowest BCUT2D eigenvalue weighted by Gasteiger charge is -2.22. The third-order valence-electron chi connectivity index (χ3n) is 6.09. The molecule has 0 radical (unpaired) electrons. The van der Waals surface area contributed by atoms with E-state index in [1.165, 1.54) is 4.90 Å². The maximum Gasteiger partial charge on any atom is 0.255 e. The van der Waals surface area contributed by atoms with Gasteiger partial charge in [0.15, 0.2) is 0 Å². The first-order valence-electron chi connectivity index (χ1n) is 9.90. The number of carbonyl (C=O) groups excluding carboxylic acids is 3. The number of benzene rings is 2. The molecule has 29 heavy (non-hydrogen) atoms. The van der Waals surface area contributed by atoms with Gasteiger partial charge in [-0.05, 0) is 61.6 Å². The summed E-state index contributed by atoms with van der Waals surface area (Å²) in [5.41, 5.74) is 3.71. The fourth-order valence-electron chi connectivity index (χ4n) is 4.27. The number of allylic oxidation sites excluding steroid dienone is 2. The van der Waals surface area contributed by atoms with Crippen LogP contribution in [0.15, 0.2) is 54.6 Å². The molecule has 2 aromatic carbocycles. The molecule has 148 valence electrons. The minimum Gasteiger partial charge on any atom is -0.322 e. The largest absolute Gasteiger partial charge is 0.322 e. The molecule has 1 fully saturated rings. The summed E-state index contributed by atoms with van der Waals surface area (Å²) in [6.45, 7) is 5.92. The van der Waals surface area contributed by atoms with E-state index in [2.05, 4.69) is 5.32 Å². The molecule has 1 aliphatic heterocycles. The van der Waals surface area contributed by atoms with Crippen LogP contribution >= 0.6 is 0 Å². The average molecular weight is 388 g/mol. The van der Waals surface area contributed by atoms with E-state index < -0.39 is 0 Å². The van der Waals surface area contributed by atoms with Crippen LogP contribution in [0, 0.1) is 31.6 Å². The third-order valence-corrected chi connectivity index (χ3v) is 6.09. The molecule has 1 saturated heterocycles. The highest BCUT2D eigenvalue weighted by Crippen LogP contribution is 2.40. The fourth-order valence-corrected chi connectivity index (χ4v) is 4.27. The van der Waals surface area contributed by atoms with Crippen LogP contribution in [-0.4, -0.2) is 17.7 Å². The van der Waals surface area contributed by atoms with Gasteiger partial charge < -0.3 is 5.32 Å². The Bertz CT molecular complexity index is 1040. The summed E-state index contributed by atoms with van der Waals surface area (Å²) < 4.78 is 0. The number of imide groups is 1. The second kappa shape index (κ2) is 7.32. The molecule has 5 heteroatoms. The van der Waals surface area contributed by atoms with E-state index in [0.717, 1.165) is 16.8 Å². The van der Waals surface area contributed by atoms with Crippen molar-refractivity contribution in [3.8, 4) is 0 Å². The van der Waals surface area contributed by atoms with Crippen molar-refractivity contribution >= 4 is 29.1 Å². The molecular weight excluding hydrogens is 364 g/mol. The Morgan fingerprint density at radius 3 is 2.59 bits per heavy atom. The normalized spacial score (nSPS) is 23.3. The number of aryl methyl sites for hydroxylation is 1. The quantitative estimate of drug-likeness (QED) is 0.631. The first-order valence-corrected chi connectivity index (χ1v) is 9.90. The Kier molecular flexibility index (Phi) is 4.82. The molecule has 2 aromatic rings. The Hall–Kier alpha value is -3.21. The van der Waals surface area contributed by atoms with Crippen molar-refractivity contribution in [2.45, 2.75) is 27.2 Å². The van der Waals surface area contributed by atoms with Crippen molar-refractivity contribution in [3.05, 3.63) is 71.3 Å². The SMILES string of the molecule is Cc1cccc(NC(=O)c2cccc(N3C(=O)[C@@H]4[C@@H](C)C=CC[C@H]4C3=O)c2)c1C. The first-order chi connectivity index (χ1) is 13.9. The van der Waals surface area contributed by atoms with Gasteiger partial charge in [0.05, 0.1) is 17.5 Å². The number of hydrogen-bond donors (Lipinski definition) is 1. The van der Waals surface area contributed by atoms with Crippen molar-refractivity contribution in [2.24, 2.45) is 17.8 Å². The van der Waals surface area contributed by atoms with Gasteiger partial charge in [-0.15, -0.1) is 0 Å². The first kappa shape index (κ1) is 19.1. The molecule has 2 aliphatic rings. The molecule has 1 N–H and O–H groups in total. The molecule has 0 unspecified atom stereocenters. The molecule has 0 aromatic heterocycles. The Labute approximate surface area is 170 Å². The molecule has 1 aliphatic carbocycles. The molecule has 4 rings (SSSR count). The summed E-state index contributed by atoms with van der Waals surface area (Å²) in [5, 5.41) is 2.93. The molecule has 5 nitrogen and oxygen atoms in total. The van der Waals surface area contributed by atoms with E-state index in [1.54, 1.807) is 24.3 Å². The van der Waals surface area contributed by atoms with E-state index in [0.29, 0.717) is 17.7 Å². The number of hydrogen-bond acceptors (Lipinski definition) is 3. The van der Waals surface area contributed by atoms with Gasteiger partial charge in [0.2, 0.25) is 11.8 Å². The number of nitrogens with one attached hydrogen (secondary N) is 1. The van der Waals surface area contributed by atoms with Crippen molar-refractivity contribution in [2.75, 3.05) is 10.2 Å². The van der Waals surface area contributed by atoms with E-state index in [-0.39, 0.29) is 35.5 Å². The van der Waals surface area contributed by atoms with Gasteiger partial charge in [0, 0.05) is 11.3 Å². The zero-order valence-electron chi connectivity index (χ0n) is 16.8. The lowest BCUT2D eigenvalue weighted by atomic mass is 9.78. The van der Waals surface area contributed by atoms with Crippen LogP contribution in [0.25, 0.3) is 0 Å². The lowest BCUT2D eigenvalue weighted by molar-refractivity contribution is -0.122. The van der Waals surface area contributed by atoms with Crippen molar-refractivity contribution < 1.29 is 14.4 Å². The molecule has 1 heterocycles. The minimum absolute atomic E-state index is 0.0333. The maximum atomic E-state index is 13.0. The third kappa shape index (κ3) is 3.27. The molecule has 0 spiro atoms. The molecule has 3 atom stereocenters. The second-order valence-corrected chi connectivity index (χ2v) is 7.92. The van der Waals surface area contributed by atoms with E-state index in [4.69, 9.17) is 0 Å². The highest BCUT2D eigenvalue weighted by atomic mass is 16.2. The van der Waals surface area contributed by atoms with E-state index in [9.17, 15) is 14.4 Å². The standard InChI is InChI=1S/C24H24N2O3/c1-14-7-5-12-20(16(14)3)25-22(27)17-9-6-10-18(13-17)26-23(28)19-11-4-8-15(2)21(19)24(26)29/h4-10,12-13,15,19,21H,11H2,1-3H3,(H,25,27)/t15-,19+,21+/m0/s1. The molecular formula is C24H24N2O3. The molecule has 0 bridgehead atoms. The predicted octanol–water partition coefficient (Wildman–Crippen LogP) is 4.26. The van der Waals surface area contributed by atoms with Crippen LogP contribution in [0.1, 0.15) is 34.8 Å². The number of nitrogens with zero attached hydrogens (tertiary/aromatic N) is 1. The van der Waals surface area contributed by atoms with E-state index in [1.807, 2.05) is 51.1 Å². The van der Waals surface area contributed by atoms with Gasteiger partial charge in [-0.1, -0.05) is 37.3 Å². The number of amides is 3. The van der Waals surface area contributed by atoms with Gasteiger partial charge in [-0.25, -0.2) is 0 Å². The molecule has 0 saturated carbocycles. The Morgan fingerprint density at radius 1 is 1.07 bits per heavy atom. The van der Waals surface area contributed by atoms with Gasteiger partial charge in [-0.2, -0.15) is 0 Å². The lowest BCUT2D eigenvalue weighted by Crippen LogP contribution is -2.31. The van der Waals surface area contributed by atoms with Crippen LogP contribution in [0.5, 0.6) is 0 Å². The number of fused-ring (bicyclic) bond motifs is 1. The second-order valence-electron chi connectivity index (χ2n) is 7.92. The Balaban J connectivity index is 1.61. The summed E-state index contributed by atoms with van der Waals surface area (Å²) >= 11 is 0. The van der Waals surface area contributed by atoms with Gasteiger partial charge >= 0.3 is 0 Å². The predicted molar refractivity (Wildman–Crippen MR) is 113 cm³/mol. The Morgan fingerprint density at radius 2 is 1.83 bits per heavy atom. The topological polar surface area (TPSA) is 66.5 Å². The van der Waals surface area contributed by atoms with Crippen LogP contribution in [0.3, 0.4) is 0 Å². The van der Waals surface area contributed by atoms with Gasteiger partial charge in [0.25, 0.3) is 5.91 Å². The zero-order chi connectivity index (χ0) is 20.7. The van der Waals surface area contributed by atoms with Crippen LogP contribution < -0.4 is 10.2 Å². The maximum absolute atomic E-state index is 13.0. The number of carbonyl (C=O) groups is 3. The molecule has 3 amide bonds. The van der Waals surface area contributed by atoms with Crippen molar-refractivity contribution in [1.29, 1.82) is 0 Å². The summed E-state index contributed by atoms with van der Waals surface area (Å²) in [6, 6.07) is 12.5. The van der Waals surface area contributed by atoms with Gasteiger partial charge in [0.1, 0.15) is 0 Å². The average Bonchev–Trinajstić information content (AvgIpc) is 2.97. The van der Waals surface area contributed by atoms with Gasteiger partial charge in [-0.3, -0.25) is 19.3 Å². The highest BCUT2D eigenvalue weighted by molar-refractivity contribution is 6.22.